The Morgan fingerprint density at radius 2 is 1.69 bits per heavy atom. The maximum atomic E-state index is 12.7. The Morgan fingerprint density at radius 1 is 1.03 bits per heavy atom. The predicted molar refractivity (Wildman–Crippen MR) is 120 cm³/mol. The van der Waals surface area contributed by atoms with Crippen molar-refractivity contribution in [2.45, 2.75) is 17.9 Å². The van der Waals surface area contributed by atoms with Gasteiger partial charge in [-0.15, -0.1) is 11.8 Å². The molecule has 5 nitrogen and oxygen atoms in total. The third-order valence-corrected chi connectivity index (χ3v) is 6.42. The van der Waals surface area contributed by atoms with E-state index >= 15 is 0 Å². The van der Waals surface area contributed by atoms with Crippen LogP contribution in [0.25, 0.3) is 0 Å². The molecular weight excluding hydrogens is 406 g/mol. The molecule has 3 rings (SSSR count). The van der Waals surface area contributed by atoms with Gasteiger partial charge in [-0.2, -0.15) is 0 Å². The van der Waals surface area contributed by atoms with Crippen LogP contribution in [-0.2, 0) is 15.3 Å². The molecule has 0 bridgehead atoms. The highest BCUT2D eigenvalue weighted by atomic mass is 35.5. The molecule has 1 aliphatic heterocycles. The van der Waals surface area contributed by atoms with Crippen LogP contribution >= 0.6 is 23.4 Å². The average molecular weight is 432 g/mol. The number of benzene rings is 2. The van der Waals surface area contributed by atoms with Gasteiger partial charge in [-0.25, -0.2) is 0 Å². The van der Waals surface area contributed by atoms with Crippen molar-refractivity contribution in [3.8, 4) is 0 Å². The Hall–Kier alpha value is -2.02. The molecule has 2 aromatic carbocycles. The third kappa shape index (κ3) is 6.49. The summed E-state index contributed by atoms with van der Waals surface area (Å²) < 4.78 is 0. The maximum absolute atomic E-state index is 12.7. The standard InChI is InChI=1S/C22H26ClN3O2S/c1-17(29-16-18-7-3-2-4-8-18)22(28)26-13-11-25(12-14-26)15-21(27)24-20-10-6-5-9-19(20)23/h2-10,17H,11-16H2,1H3,(H,24,27). The molecule has 2 amide bonds. The van der Waals surface area contributed by atoms with Crippen molar-refractivity contribution in [2.24, 2.45) is 0 Å². The average Bonchev–Trinajstić information content (AvgIpc) is 2.74. The van der Waals surface area contributed by atoms with E-state index in [0.29, 0.717) is 43.4 Å². The number of piperazine rings is 1. The maximum Gasteiger partial charge on any atom is 0.238 e. The van der Waals surface area contributed by atoms with E-state index < -0.39 is 0 Å². The van der Waals surface area contributed by atoms with E-state index in [4.69, 9.17) is 11.6 Å². The van der Waals surface area contributed by atoms with Crippen LogP contribution in [-0.4, -0.2) is 59.6 Å². The van der Waals surface area contributed by atoms with Crippen LogP contribution in [0.2, 0.25) is 5.02 Å². The van der Waals surface area contributed by atoms with Crippen molar-refractivity contribution in [3.05, 3.63) is 65.2 Å². The third-order valence-electron chi connectivity index (χ3n) is 4.89. The van der Waals surface area contributed by atoms with E-state index in [0.717, 1.165) is 5.75 Å². The second-order valence-electron chi connectivity index (χ2n) is 7.07. The highest BCUT2D eigenvalue weighted by molar-refractivity contribution is 7.99. The molecule has 0 aliphatic carbocycles. The first-order chi connectivity index (χ1) is 14.0. The van der Waals surface area contributed by atoms with Crippen LogP contribution in [0.3, 0.4) is 0 Å². The molecule has 0 spiro atoms. The summed E-state index contributed by atoms with van der Waals surface area (Å²) in [6, 6.07) is 17.4. The Bertz CT molecular complexity index is 826. The Labute approximate surface area is 181 Å². The molecule has 1 heterocycles. The molecule has 1 saturated heterocycles. The molecule has 1 aliphatic rings. The lowest BCUT2D eigenvalue weighted by Gasteiger charge is -2.35. The van der Waals surface area contributed by atoms with Gasteiger partial charge in [-0.3, -0.25) is 14.5 Å². The number of carbonyl (C=O) groups is 2. The molecule has 1 N–H and O–H groups in total. The van der Waals surface area contributed by atoms with Gasteiger partial charge < -0.3 is 10.2 Å². The number of hydrogen-bond donors (Lipinski definition) is 1. The van der Waals surface area contributed by atoms with E-state index in [-0.39, 0.29) is 17.1 Å². The van der Waals surface area contributed by atoms with E-state index in [1.165, 1.54) is 5.56 Å². The van der Waals surface area contributed by atoms with Gasteiger partial charge in [0.15, 0.2) is 0 Å². The van der Waals surface area contributed by atoms with E-state index in [1.54, 1.807) is 23.9 Å². The highest BCUT2D eigenvalue weighted by Crippen LogP contribution is 2.21. The summed E-state index contributed by atoms with van der Waals surface area (Å²) in [4.78, 5) is 29.0. The minimum Gasteiger partial charge on any atom is -0.339 e. The number of rotatable bonds is 7. The summed E-state index contributed by atoms with van der Waals surface area (Å²) >= 11 is 7.75. The van der Waals surface area contributed by atoms with E-state index in [2.05, 4.69) is 22.3 Å². The number of para-hydroxylation sites is 1. The van der Waals surface area contributed by atoms with E-state index in [9.17, 15) is 9.59 Å². The van der Waals surface area contributed by atoms with Gasteiger partial charge in [-0.1, -0.05) is 54.1 Å². The Balaban J connectivity index is 1.40. The molecule has 7 heteroatoms. The van der Waals surface area contributed by atoms with Gasteiger partial charge in [0.05, 0.1) is 22.5 Å². The van der Waals surface area contributed by atoms with Crippen molar-refractivity contribution < 1.29 is 9.59 Å². The first-order valence-electron chi connectivity index (χ1n) is 9.74. The van der Waals surface area contributed by atoms with Gasteiger partial charge in [0, 0.05) is 31.9 Å². The second kappa shape index (κ2) is 10.7. The molecule has 1 fully saturated rings. The smallest absolute Gasteiger partial charge is 0.238 e. The van der Waals surface area contributed by atoms with Gasteiger partial charge in [-0.05, 0) is 24.6 Å². The van der Waals surface area contributed by atoms with Crippen molar-refractivity contribution in [1.29, 1.82) is 0 Å². The molecule has 0 aromatic heterocycles. The van der Waals surface area contributed by atoms with E-state index in [1.807, 2.05) is 42.2 Å². The van der Waals surface area contributed by atoms with Crippen molar-refractivity contribution in [2.75, 3.05) is 38.0 Å². The largest absolute Gasteiger partial charge is 0.339 e. The van der Waals surface area contributed by atoms with Gasteiger partial charge in [0.2, 0.25) is 11.8 Å². The van der Waals surface area contributed by atoms with Crippen LogP contribution in [0.1, 0.15) is 12.5 Å². The molecular formula is C22H26ClN3O2S. The molecule has 1 unspecified atom stereocenters. The lowest BCUT2D eigenvalue weighted by Crippen LogP contribution is -2.52. The molecule has 0 radical (unpaired) electrons. The summed E-state index contributed by atoms with van der Waals surface area (Å²) in [6.45, 7) is 4.95. The van der Waals surface area contributed by atoms with Crippen LogP contribution in [0.15, 0.2) is 54.6 Å². The number of anilines is 1. The fourth-order valence-corrected chi connectivity index (χ4v) is 4.32. The number of carbonyl (C=O) groups excluding carboxylic acids is 2. The van der Waals surface area contributed by atoms with Crippen LogP contribution in [0.4, 0.5) is 5.69 Å². The Kier molecular flexibility index (Phi) is 7.98. The number of amides is 2. The molecule has 1 atom stereocenters. The monoisotopic (exact) mass is 431 g/mol. The molecule has 0 saturated carbocycles. The topological polar surface area (TPSA) is 52.7 Å². The Morgan fingerprint density at radius 3 is 2.38 bits per heavy atom. The van der Waals surface area contributed by atoms with Crippen molar-refractivity contribution >= 4 is 40.9 Å². The number of hydrogen-bond acceptors (Lipinski definition) is 4. The fraction of sp³-hybridized carbons (Fsp3) is 0.364. The summed E-state index contributed by atoms with van der Waals surface area (Å²) in [5.74, 6) is 0.909. The summed E-state index contributed by atoms with van der Waals surface area (Å²) in [7, 11) is 0. The SMILES string of the molecule is CC(SCc1ccccc1)C(=O)N1CCN(CC(=O)Nc2ccccc2Cl)CC1. The minimum absolute atomic E-state index is 0.0784. The quantitative estimate of drug-likeness (QED) is 0.725. The first kappa shape index (κ1) is 21.7. The number of halogens is 1. The van der Waals surface area contributed by atoms with Crippen LogP contribution in [0.5, 0.6) is 0 Å². The molecule has 154 valence electrons. The number of nitrogens with zero attached hydrogens (tertiary/aromatic N) is 2. The van der Waals surface area contributed by atoms with Gasteiger partial charge >= 0.3 is 0 Å². The van der Waals surface area contributed by atoms with Gasteiger partial charge in [0.1, 0.15) is 0 Å². The van der Waals surface area contributed by atoms with Gasteiger partial charge in [0.25, 0.3) is 0 Å². The van der Waals surface area contributed by atoms with Crippen molar-refractivity contribution in [1.82, 2.24) is 9.80 Å². The zero-order chi connectivity index (χ0) is 20.6. The van der Waals surface area contributed by atoms with Crippen LogP contribution in [0, 0.1) is 0 Å². The predicted octanol–water partition coefficient (Wildman–Crippen LogP) is 3.74. The summed E-state index contributed by atoms with van der Waals surface area (Å²) in [6.07, 6.45) is 0. The lowest BCUT2D eigenvalue weighted by molar-refractivity contribution is -0.132. The van der Waals surface area contributed by atoms with Crippen molar-refractivity contribution in [3.63, 3.8) is 0 Å². The zero-order valence-electron chi connectivity index (χ0n) is 16.5. The first-order valence-corrected chi connectivity index (χ1v) is 11.2. The zero-order valence-corrected chi connectivity index (χ0v) is 18.1. The normalized spacial score (nSPS) is 15.7. The minimum atomic E-state index is -0.0929. The molecule has 29 heavy (non-hydrogen) atoms. The van der Waals surface area contributed by atoms with Crippen LogP contribution < -0.4 is 5.32 Å². The summed E-state index contributed by atoms with van der Waals surface area (Å²) in [5, 5.41) is 3.29. The lowest BCUT2D eigenvalue weighted by atomic mass is 10.2. The molecule has 2 aromatic rings. The number of nitrogens with one attached hydrogen (secondary N) is 1. The fourth-order valence-electron chi connectivity index (χ4n) is 3.21. The number of thioether (sulfide) groups is 1. The second-order valence-corrected chi connectivity index (χ2v) is 8.80. The highest BCUT2D eigenvalue weighted by Gasteiger charge is 2.26. The summed E-state index contributed by atoms with van der Waals surface area (Å²) in [5.41, 5.74) is 1.85.